The third-order valence-corrected chi connectivity index (χ3v) is 11.1. The van der Waals surface area contributed by atoms with E-state index in [1.165, 1.54) is 35.1 Å². The first-order valence-corrected chi connectivity index (χ1v) is 18.1. The molecule has 0 aliphatic carbocycles. The number of aliphatic carboxylic acids is 1. The first-order chi connectivity index (χ1) is 24.2. The number of nitrogens with zero attached hydrogens (tertiary/aromatic N) is 7. The molecule has 2 aliphatic heterocycles. The second-order valence-electron chi connectivity index (χ2n) is 11.5. The monoisotopic (exact) mass is 728 g/mol. The number of Topliss-reactive ketones (excluding diaryl/α,β-unsaturated/α-hetero) is 1. The largest absolute Gasteiger partial charge is 0.477 e. The fourth-order valence-corrected chi connectivity index (χ4v) is 8.54. The Hall–Kier alpha value is -5.39. The Morgan fingerprint density at radius 1 is 1.18 bits per heavy atom. The van der Waals surface area contributed by atoms with Gasteiger partial charge < -0.3 is 26.0 Å². The highest BCUT2D eigenvalue weighted by atomic mass is 32.2. The molecule has 0 saturated carbocycles. The Balaban J connectivity index is 1.07. The summed E-state index contributed by atoms with van der Waals surface area (Å²) in [4.78, 5) is 58.0. The molecule has 0 unspecified atom stereocenters. The molecule has 1 amide bonds. The van der Waals surface area contributed by atoms with Crippen molar-refractivity contribution < 1.29 is 28.9 Å². The lowest BCUT2D eigenvalue weighted by Crippen LogP contribution is -2.62. The number of amidine groups is 1. The number of hydrogen-bond acceptors (Lipinski definition) is 12. The van der Waals surface area contributed by atoms with Crippen molar-refractivity contribution in [2.45, 2.75) is 24.9 Å². The number of ketones is 1. The molecule has 17 heteroatoms. The number of thiazole rings is 2. The predicted octanol–water partition coefficient (Wildman–Crippen LogP) is 3.39. The van der Waals surface area contributed by atoms with Gasteiger partial charge in [-0.1, -0.05) is 29.4 Å². The average molecular weight is 729 g/mol. The molecule has 1 aromatic carbocycles. The summed E-state index contributed by atoms with van der Waals surface area (Å²) >= 11 is 4.02. The average Bonchev–Trinajstić information content (AvgIpc) is 3.88. The normalized spacial score (nSPS) is 17.9. The van der Waals surface area contributed by atoms with Crippen LogP contribution in [0.25, 0.3) is 11.0 Å². The first kappa shape index (κ1) is 33.1. The molecule has 0 bridgehead atoms. The molecule has 0 radical (unpaired) electrons. The van der Waals surface area contributed by atoms with Crippen molar-refractivity contribution >= 4 is 84.9 Å². The molecule has 7 rings (SSSR count). The number of amides is 1. The summed E-state index contributed by atoms with van der Waals surface area (Å²) in [5.74, 6) is -1.97. The van der Waals surface area contributed by atoms with Gasteiger partial charge >= 0.3 is 5.97 Å². The number of nitrogens with two attached hydrogens (primary N) is 2. The maximum absolute atomic E-state index is 13.4. The summed E-state index contributed by atoms with van der Waals surface area (Å²) in [5, 5.41) is 17.9. The summed E-state index contributed by atoms with van der Waals surface area (Å²) in [6.45, 7) is 0.880. The second-order valence-corrected chi connectivity index (χ2v) is 14.3. The highest BCUT2D eigenvalue weighted by molar-refractivity contribution is 8.00. The van der Waals surface area contributed by atoms with Gasteiger partial charge in [-0.05, 0) is 11.6 Å². The van der Waals surface area contributed by atoms with Gasteiger partial charge in [-0.2, -0.15) is 4.57 Å². The smallest absolute Gasteiger partial charge is 0.352 e. The number of thioether (sulfide) groups is 1. The zero-order chi connectivity index (χ0) is 34.9. The molecule has 5 N–H and O–H groups in total. The van der Waals surface area contributed by atoms with E-state index in [-0.39, 0.29) is 35.2 Å². The van der Waals surface area contributed by atoms with Gasteiger partial charge in [-0.15, -0.1) is 34.4 Å². The number of benzene rings is 1. The van der Waals surface area contributed by atoms with Crippen LogP contribution in [0.3, 0.4) is 0 Å². The highest BCUT2D eigenvalue weighted by Gasteiger charge is 2.54. The van der Waals surface area contributed by atoms with E-state index in [1.54, 1.807) is 11.6 Å². The Morgan fingerprint density at radius 2 is 2.00 bits per heavy atom. The van der Waals surface area contributed by atoms with Crippen LogP contribution in [0.15, 0.2) is 93.2 Å². The Labute approximate surface area is 297 Å². The molecule has 50 heavy (non-hydrogen) atoms. The van der Waals surface area contributed by atoms with Gasteiger partial charge in [0.1, 0.15) is 29.9 Å². The van der Waals surface area contributed by atoms with Crippen LogP contribution in [-0.4, -0.2) is 72.0 Å². The number of oxime groups is 1. The van der Waals surface area contributed by atoms with E-state index >= 15 is 0 Å². The van der Waals surface area contributed by atoms with Crippen LogP contribution in [0.4, 0.5) is 10.3 Å². The molecule has 6 heterocycles. The van der Waals surface area contributed by atoms with E-state index in [0.29, 0.717) is 28.8 Å². The summed E-state index contributed by atoms with van der Waals surface area (Å²) in [7, 11) is 1.31. The number of nitrogen functional groups attached to an aromatic ring is 1. The summed E-state index contributed by atoms with van der Waals surface area (Å²) in [6, 6.07) is 13.8. The van der Waals surface area contributed by atoms with Crippen LogP contribution in [0.1, 0.15) is 23.2 Å². The van der Waals surface area contributed by atoms with Crippen molar-refractivity contribution in [2.75, 3.05) is 18.6 Å². The van der Waals surface area contributed by atoms with Crippen molar-refractivity contribution in [3.05, 3.63) is 99.9 Å². The predicted molar refractivity (Wildman–Crippen MR) is 191 cm³/mol. The molecule has 14 nitrogen and oxygen atoms in total. The number of carbonyl (C=O) groups is 3. The van der Waals surface area contributed by atoms with Crippen LogP contribution in [0.5, 0.6) is 0 Å². The minimum Gasteiger partial charge on any atom is -0.477 e. The molecule has 5 aromatic rings. The van der Waals surface area contributed by atoms with Gasteiger partial charge in [0.15, 0.2) is 29.4 Å². The van der Waals surface area contributed by atoms with Gasteiger partial charge in [0.05, 0.1) is 11.3 Å². The number of fused-ring (bicyclic) bond motifs is 2. The Bertz CT molecular complexity index is 2210. The standard InChI is InChI=1S/C33H29N9O5S3/c1-47-39-26(22-17-50-32(35)37-22)25(43)13-21-29(44)42-27(31(45)46)20(16-49-30(21)42)15-40-10-2-3-23-24(40)8-11-41(23)14-18-4-6-19(7-5-18)28(34)38-33-36-9-12-48-33/h2-12,17,21,30H,13-16H2,1H3,(H4-,34,35,36,37,38,45,46)/p+1/b39-26-/t21-,30-/m1/s1. The molecule has 1 saturated heterocycles. The molecular formula is C33H30N9O5S3+. The Kier molecular flexibility index (Phi) is 9.18. The molecular weight excluding hydrogens is 699 g/mol. The van der Waals surface area contributed by atoms with Gasteiger partial charge in [-0.3, -0.25) is 14.5 Å². The van der Waals surface area contributed by atoms with E-state index in [4.69, 9.17) is 16.3 Å². The van der Waals surface area contributed by atoms with Gasteiger partial charge in [0, 0.05) is 65.1 Å². The lowest BCUT2D eigenvalue weighted by molar-refractivity contribution is -0.663. The summed E-state index contributed by atoms with van der Waals surface area (Å²) in [5.41, 5.74) is 16.5. The Morgan fingerprint density at radius 3 is 2.70 bits per heavy atom. The number of aliphatic imine (C=N–C) groups is 1. The number of pyridine rings is 1. The molecule has 4 aromatic heterocycles. The lowest BCUT2D eigenvalue weighted by Gasteiger charge is -2.49. The quantitative estimate of drug-likeness (QED) is 0.0564. The van der Waals surface area contributed by atoms with Crippen molar-refractivity contribution in [2.24, 2.45) is 21.8 Å². The SMILES string of the molecule is CO/N=C(\C(=O)C[C@@H]1C(=O)N2C(C(=O)O)=C(C[n+]3cccc4c3ccn4Cc3ccc(C(N)=Nc4nccs4)cc3)CS[C@H]12)c1csc(N)n1. The lowest BCUT2D eigenvalue weighted by atomic mass is 9.89. The van der Waals surface area contributed by atoms with Gasteiger partial charge in [0.25, 0.3) is 0 Å². The maximum Gasteiger partial charge on any atom is 0.352 e. The first-order valence-electron chi connectivity index (χ1n) is 15.3. The van der Waals surface area contributed by atoms with Crippen molar-refractivity contribution in [1.82, 2.24) is 19.4 Å². The number of β-lactam (4-membered cyclic amide) rings is 1. The van der Waals surface area contributed by atoms with Crippen molar-refractivity contribution in [1.29, 1.82) is 0 Å². The zero-order valence-corrected chi connectivity index (χ0v) is 29.0. The number of aromatic nitrogens is 4. The van der Waals surface area contributed by atoms with Crippen LogP contribution >= 0.6 is 34.4 Å². The topological polar surface area (TPSA) is 195 Å². The van der Waals surface area contributed by atoms with Crippen molar-refractivity contribution in [3.63, 3.8) is 0 Å². The second kappa shape index (κ2) is 13.9. The van der Waals surface area contributed by atoms with Crippen LogP contribution < -0.4 is 16.0 Å². The van der Waals surface area contributed by atoms with Crippen LogP contribution in [0.2, 0.25) is 0 Å². The fourth-order valence-electron chi connectivity index (χ4n) is 6.08. The highest BCUT2D eigenvalue weighted by Crippen LogP contribution is 2.45. The van der Waals surface area contributed by atoms with Gasteiger partial charge in [0.2, 0.25) is 16.6 Å². The summed E-state index contributed by atoms with van der Waals surface area (Å²) < 4.78 is 4.11. The number of rotatable bonds is 12. The third-order valence-electron chi connectivity index (χ3n) is 8.39. The minimum absolute atomic E-state index is 0.0302. The van der Waals surface area contributed by atoms with Gasteiger partial charge in [-0.25, -0.2) is 19.8 Å². The van der Waals surface area contributed by atoms with E-state index in [0.717, 1.165) is 33.5 Å². The summed E-state index contributed by atoms with van der Waals surface area (Å²) in [6.07, 6.45) is 5.42. The molecule has 0 spiro atoms. The maximum atomic E-state index is 13.4. The van der Waals surface area contributed by atoms with E-state index < -0.39 is 29.0 Å². The fraction of sp³-hybridized carbons (Fsp3) is 0.212. The molecule has 2 atom stereocenters. The zero-order valence-electron chi connectivity index (χ0n) is 26.5. The number of hydrogen-bond donors (Lipinski definition) is 3. The number of carboxylic acid groups (broad SMARTS) is 1. The molecule has 2 aliphatic rings. The third kappa shape index (κ3) is 6.37. The number of carboxylic acids is 1. The van der Waals surface area contributed by atoms with Crippen LogP contribution in [-0.2, 0) is 32.3 Å². The number of anilines is 1. The van der Waals surface area contributed by atoms with Crippen molar-refractivity contribution in [3.8, 4) is 0 Å². The van der Waals surface area contributed by atoms with E-state index in [9.17, 15) is 19.5 Å². The van der Waals surface area contributed by atoms with E-state index in [2.05, 4.69) is 24.7 Å². The minimum atomic E-state index is -1.19. The number of carbonyl (C=O) groups excluding carboxylic acids is 2. The molecule has 254 valence electrons. The van der Waals surface area contributed by atoms with Crippen LogP contribution in [0, 0.1) is 5.92 Å². The van der Waals surface area contributed by atoms with E-state index in [1.807, 2.05) is 64.8 Å². The molecule has 1 fully saturated rings.